The quantitative estimate of drug-likeness (QED) is 0.471. The number of carbonyl (C=O) groups excluding carboxylic acids is 1. The second-order valence-corrected chi connectivity index (χ2v) is 7.36. The average molecular weight is 431 g/mol. The molecule has 0 atom stereocenters. The second kappa shape index (κ2) is 8.54. The van der Waals surface area contributed by atoms with E-state index in [2.05, 4.69) is 20.0 Å². The zero-order valence-corrected chi connectivity index (χ0v) is 17.5. The van der Waals surface area contributed by atoms with Gasteiger partial charge in [0.25, 0.3) is 5.91 Å². The van der Waals surface area contributed by atoms with Crippen LogP contribution in [0.3, 0.4) is 0 Å². The zero-order chi connectivity index (χ0) is 21.9. The second-order valence-electron chi connectivity index (χ2n) is 7.36. The summed E-state index contributed by atoms with van der Waals surface area (Å²) in [4.78, 5) is 25.7. The maximum atomic E-state index is 12.8. The van der Waals surface area contributed by atoms with Gasteiger partial charge in [-0.3, -0.25) is 4.79 Å². The number of benzene rings is 1. The van der Waals surface area contributed by atoms with Gasteiger partial charge in [0.05, 0.1) is 6.26 Å². The van der Waals surface area contributed by atoms with Crippen molar-refractivity contribution in [1.82, 2.24) is 20.0 Å². The van der Waals surface area contributed by atoms with Gasteiger partial charge in [0.2, 0.25) is 11.6 Å². The fourth-order valence-corrected chi connectivity index (χ4v) is 3.56. The molecule has 0 N–H and O–H groups in total. The van der Waals surface area contributed by atoms with Gasteiger partial charge in [0.1, 0.15) is 17.4 Å². The Labute approximate surface area is 184 Å². The number of rotatable bonds is 5. The molecule has 1 aromatic carbocycles. The lowest BCUT2D eigenvalue weighted by Crippen LogP contribution is -2.49. The number of ether oxygens (including phenoxy) is 1. The molecule has 0 radical (unpaired) electrons. The minimum atomic E-state index is -0.168. The van der Waals surface area contributed by atoms with Crippen LogP contribution in [0.2, 0.25) is 0 Å². The average Bonchev–Trinajstić information content (AvgIpc) is 3.51. The van der Waals surface area contributed by atoms with Gasteiger partial charge in [-0.05, 0) is 31.2 Å². The predicted molar refractivity (Wildman–Crippen MR) is 116 cm³/mol. The highest BCUT2D eigenvalue weighted by molar-refractivity contribution is 5.93. The molecule has 162 valence electrons. The molecule has 0 bridgehead atoms. The molecule has 4 heterocycles. The summed E-state index contributed by atoms with van der Waals surface area (Å²) in [6.07, 6.45) is 1.55. The smallest absolute Gasteiger partial charge is 0.276 e. The number of amides is 1. The molecule has 9 heteroatoms. The number of furan rings is 1. The van der Waals surface area contributed by atoms with Gasteiger partial charge in [-0.2, -0.15) is 4.98 Å². The van der Waals surface area contributed by atoms with Crippen LogP contribution in [0.25, 0.3) is 11.5 Å². The van der Waals surface area contributed by atoms with E-state index in [9.17, 15) is 4.79 Å². The lowest BCUT2D eigenvalue weighted by atomic mass is 10.2. The molecule has 5 rings (SSSR count). The third-order valence-corrected chi connectivity index (χ3v) is 5.15. The summed E-state index contributed by atoms with van der Waals surface area (Å²) in [7, 11) is 0. The number of para-hydroxylation sites is 1. The SMILES string of the molecule is Cc1nc(Oc2ccccc2)cc(N2CCN(C(=O)c3cc(-c4ccco4)on3)CC2)n1. The fraction of sp³-hybridized carbons (Fsp3) is 0.217. The van der Waals surface area contributed by atoms with Gasteiger partial charge < -0.3 is 23.5 Å². The van der Waals surface area contributed by atoms with E-state index >= 15 is 0 Å². The Morgan fingerprint density at radius 2 is 1.78 bits per heavy atom. The molecule has 1 aliphatic rings. The monoisotopic (exact) mass is 431 g/mol. The van der Waals surface area contributed by atoms with E-state index in [1.54, 1.807) is 29.4 Å². The van der Waals surface area contributed by atoms with E-state index in [1.165, 1.54) is 0 Å². The van der Waals surface area contributed by atoms with E-state index in [0.717, 1.165) is 5.82 Å². The van der Waals surface area contributed by atoms with Crippen molar-refractivity contribution in [2.24, 2.45) is 0 Å². The Hall–Kier alpha value is -4.14. The Morgan fingerprint density at radius 3 is 2.53 bits per heavy atom. The Balaban J connectivity index is 1.24. The van der Waals surface area contributed by atoms with Crippen molar-refractivity contribution in [3.63, 3.8) is 0 Å². The molecule has 0 saturated carbocycles. The predicted octanol–water partition coefficient (Wildman–Crippen LogP) is 3.79. The van der Waals surface area contributed by atoms with E-state index in [4.69, 9.17) is 13.7 Å². The van der Waals surface area contributed by atoms with Gasteiger partial charge >= 0.3 is 0 Å². The molecule has 0 unspecified atom stereocenters. The van der Waals surface area contributed by atoms with Crippen LogP contribution >= 0.6 is 0 Å². The molecule has 1 fully saturated rings. The molecule has 3 aromatic heterocycles. The lowest BCUT2D eigenvalue weighted by molar-refractivity contribution is 0.0736. The first kappa shape index (κ1) is 19.8. The van der Waals surface area contributed by atoms with Crippen LogP contribution in [-0.4, -0.2) is 52.1 Å². The number of piperazine rings is 1. The summed E-state index contributed by atoms with van der Waals surface area (Å²) in [5.74, 6) is 3.41. The molecule has 0 spiro atoms. The van der Waals surface area contributed by atoms with Crippen LogP contribution in [0, 0.1) is 6.92 Å². The van der Waals surface area contributed by atoms with E-state index < -0.39 is 0 Å². The number of aromatic nitrogens is 3. The number of hydrogen-bond acceptors (Lipinski definition) is 8. The first-order chi connectivity index (χ1) is 15.7. The van der Waals surface area contributed by atoms with Crippen LogP contribution in [-0.2, 0) is 0 Å². The number of hydrogen-bond donors (Lipinski definition) is 0. The van der Waals surface area contributed by atoms with E-state index in [-0.39, 0.29) is 11.6 Å². The summed E-state index contributed by atoms with van der Waals surface area (Å²) in [6.45, 7) is 4.19. The van der Waals surface area contributed by atoms with Crippen molar-refractivity contribution < 1.29 is 18.5 Å². The van der Waals surface area contributed by atoms with Crippen molar-refractivity contribution in [2.75, 3.05) is 31.1 Å². The van der Waals surface area contributed by atoms with Crippen molar-refractivity contribution in [2.45, 2.75) is 6.92 Å². The van der Waals surface area contributed by atoms with Crippen molar-refractivity contribution >= 4 is 11.7 Å². The molecular weight excluding hydrogens is 410 g/mol. The first-order valence-corrected chi connectivity index (χ1v) is 10.3. The normalized spacial score (nSPS) is 13.9. The summed E-state index contributed by atoms with van der Waals surface area (Å²) in [6, 6.07) is 16.4. The van der Waals surface area contributed by atoms with Crippen molar-refractivity contribution in [1.29, 1.82) is 0 Å². The number of carbonyl (C=O) groups is 1. The molecule has 1 saturated heterocycles. The first-order valence-electron chi connectivity index (χ1n) is 10.3. The minimum absolute atomic E-state index is 0.168. The Bertz CT molecular complexity index is 1200. The van der Waals surface area contributed by atoms with Gasteiger partial charge in [-0.25, -0.2) is 4.98 Å². The van der Waals surface area contributed by atoms with Crippen LogP contribution in [0.15, 0.2) is 69.8 Å². The summed E-state index contributed by atoms with van der Waals surface area (Å²) in [5.41, 5.74) is 0.265. The lowest BCUT2D eigenvalue weighted by Gasteiger charge is -2.35. The van der Waals surface area contributed by atoms with Gasteiger partial charge in [0.15, 0.2) is 11.5 Å². The molecule has 32 heavy (non-hydrogen) atoms. The zero-order valence-electron chi connectivity index (χ0n) is 17.5. The molecule has 1 amide bonds. The summed E-state index contributed by atoms with van der Waals surface area (Å²) in [5, 5.41) is 3.91. The highest BCUT2D eigenvalue weighted by atomic mass is 16.5. The molecule has 9 nitrogen and oxygen atoms in total. The maximum absolute atomic E-state index is 12.8. The summed E-state index contributed by atoms with van der Waals surface area (Å²) >= 11 is 0. The molecule has 1 aliphatic heterocycles. The van der Waals surface area contributed by atoms with Crippen LogP contribution in [0.1, 0.15) is 16.3 Å². The number of nitrogens with zero attached hydrogens (tertiary/aromatic N) is 5. The molecule has 4 aromatic rings. The summed E-state index contributed by atoms with van der Waals surface area (Å²) < 4.78 is 16.4. The largest absolute Gasteiger partial charge is 0.461 e. The topological polar surface area (TPSA) is 97.7 Å². The van der Waals surface area contributed by atoms with Crippen molar-refractivity contribution in [3.05, 3.63) is 72.4 Å². The van der Waals surface area contributed by atoms with Gasteiger partial charge in [0, 0.05) is 38.3 Å². The third-order valence-electron chi connectivity index (χ3n) is 5.15. The third kappa shape index (κ3) is 4.18. The number of aryl methyl sites for hydroxylation is 1. The Kier molecular flexibility index (Phi) is 5.29. The maximum Gasteiger partial charge on any atom is 0.276 e. The molecule has 0 aliphatic carbocycles. The molecular formula is C23H21N5O4. The highest BCUT2D eigenvalue weighted by Gasteiger charge is 2.26. The van der Waals surface area contributed by atoms with Crippen molar-refractivity contribution in [3.8, 4) is 23.1 Å². The van der Waals surface area contributed by atoms with Crippen LogP contribution in [0.5, 0.6) is 11.6 Å². The van der Waals surface area contributed by atoms with Gasteiger partial charge in [-0.15, -0.1) is 0 Å². The highest BCUT2D eigenvalue weighted by Crippen LogP contribution is 2.25. The van der Waals surface area contributed by atoms with E-state index in [0.29, 0.717) is 55.2 Å². The number of anilines is 1. The van der Waals surface area contributed by atoms with Crippen LogP contribution < -0.4 is 9.64 Å². The van der Waals surface area contributed by atoms with Crippen LogP contribution in [0.4, 0.5) is 5.82 Å². The van der Waals surface area contributed by atoms with Gasteiger partial charge in [-0.1, -0.05) is 23.4 Å². The van der Waals surface area contributed by atoms with E-state index in [1.807, 2.05) is 43.3 Å². The standard InChI is InChI=1S/C23H21N5O4/c1-16-24-21(15-22(25-16)31-17-6-3-2-4-7-17)27-9-11-28(12-10-27)23(29)18-14-20(32-26-18)19-8-5-13-30-19/h2-8,13-15H,9-12H2,1H3. The Morgan fingerprint density at radius 1 is 0.969 bits per heavy atom. The fourth-order valence-electron chi connectivity index (χ4n) is 3.56. The minimum Gasteiger partial charge on any atom is -0.461 e.